The van der Waals surface area contributed by atoms with Gasteiger partial charge >= 0.3 is 5.97 Å². The van der Waals surface area contributed by atoms with Crippen molar-refractivity contribution in [2.75, 3.05) is 20.3 Å². The number of nitrogens with zero attached hydrogens (tertiary/aromatic N) is 3. The van der Waals surface area contributed by atoms with Gasteiger partial charge in [0.25, 0.3) is 11.4 Å². The smallest absolute Gasteiger partial charge is 0.352 e. The van der Waals surface area contributed by atoms with Gasteiger partial charge in [0.15, 0.2) is 0 Å². The maximum Gasteiger partial charge on any atom is 0.352 e. The summed E-state index contributed by atoms with van der Waals surface area (Å²) in [5.41, 5.74) is 0. The molecular formula is C13H14BrN3O3S2. The van der Waals surface area contributed by atoms with Crippen LogP contribution in [0.4, 0.5) is 5.13 Å². The lowest BCUT2D eigenvalue weighted by Gasteiger charge is -2.38. The number of carbonyl (C=O) groups is 1. The molecule has 9 heteroatoms. The third-order valence-corrected chi connectivity index (χ3v) is 5.93. The van der Waals surface area contributed by atoms with E-state index < -0.39 is 16.8 Å². The van der Waals surface area contributed by atoms with Gasteiger partial charge in [0.1, 0.15) is 11.5 Å². The van der Waals surface area contributed by atoms with Gasteiger partial charge in [-0.05, 0) is 53.4 Å². The van der Waals surface area contributed by atoms with Crippen LogP contribution in [-0.2, 0) is 4.74 Å². The summed E-state index contributed by atoms with van der Waals surface area (Å²) < 4.78 is 5.52. The fourth-order valence-electron chi connectivity index (χ4n) is 2.36. The van der Waals surface area contributed by atoms with Crippen LogP contribution in [0.25, 0.3) is 0 Å². The highest BCUT2D eigenvalue weighted by Gasteiger charge is 2.45. The predicted octanol–water partition coefficient (Wildman–Crippen LogP) is 3.17. The minimum absolute atomic E-state index is 0.210. The van der Waals surface area contributed by atoms with Crippen LogP contribution in [0, 0.1) is 12.1 Å². The molecule has 0 aromatic carbocycles. The molecule has 0 radical (unpaired) electrons. The number of hydrogen-bond acceptors (Lipinski definition) is 7. The molecule has 0 bridgehead atoms. The molecular weight excluding hydrogens is 390 g/mol. The summed E-state index contributed by atoms with van der Waals surface area (Å²) in [5.74, 6) is -0.452. The SMILES string of the molecule is Cc1ccc(C(=O)OC2CN(C)C[N+]2([O-])c2ncc(Br)s2)s1. The Morgan fingerprint density at radius 2 is 2.32 bits per heavy atom. The summed E-state index contributed by atoms with van der Waals surface area (Å²) in [7, 11) is 1.83. The van der Waals surface area contributed by atoms with Crippen molar-refractivity contribution < 1.29 is 9.53 Å². The molecule has 2 aromatic heterocycles. The first-order chi connectivity index (χ1) is 10.4. The van der Waals surface area contributed by atoms with E-state index >= 15 is 0 Å². The van der Waals surface area contributed by atoms with Crippen molar-refractivity contribution in [3.8, 4) is 0 Å². The number of hydroxylamine groups is 2. The standard InChI is InChI=1S/C13H14BrN3O3S2/c1-8-3-4-9(21-8)12(18)20-11-6-16(2)7-17(11,19)13-15-5-10(14)22-13/h3-5,11H,6-7H2,1-2H3. The molecule has 2 aromatic rings. The Bertz CT molecular complexity index is 704. The Kier molecular flexibility index (Phi) is 4.36. The topological polar surface area (TPSA) is 65.5 Å². The summed E-state index contributed by atoms with van der Waals surface area (Å²) >= 11 is 5.95. The van der Waals surface area contributed by atoms with Crippen molar-refractivity contribution in [2.45, 2.75) is 13.2 Å². The van der Waals surface area contributed by atoms with Crippen LogP contribution >= 0.6 is 38.6 Å². The van der Waals surface area contributed by atoms with Crippen LogP contribution < -0.4 is 4.65 Å². The van der Waals surface area contributed by atoms with Crippen molar-refractivity contribution in [3.05, 3.63) is 37.1 Å². The number of thiophene rings is 1. The fourth-order valence-corrected chi connectivity index (χ4v) is 4.36. The van der Waals surface area contributed by atoms with E-state index in [0.717, 1.165) is 8.66 Å². The number of aryl methyl sites for hydroxylation is 1. The van der Waals surface area contributed by atoms with Gasteiger partial charge in [0, 0.05) is 4.88 Å². The van der Waals surface area contributed by atoms with Gasteiger partial charge in [-0.1, -0.05) is 0 Å². The largest absolute Gasteiger partial charge is 0.622 e. The van der Waals surface area contributed by atoms with Crippen molar-refractivity contribution in [2.24, 2.45) is 0 Å². The van der Waals surface area contributed by atoms with Crippen LogP contribution in [0.15, 0.2) is 22.1 Å². The summed E-state index contributed by atoms with van der Waals surface area (Å²) in [5, 5.41) is 13.6. The van der Waals surface area contributed by atoms with Gasteiger partial charge in [0.2, 0.25) is 0 Å². The number of likely N-dealkylation sites (N-methyl/N-ethyl adjacent to an activating group) is 1. The lowest BCUT2D eigenvalue weighted by atomic mass is 10.4. The lowest BCUT2D eigenvalue weighted by molar-refractivity contribution is 0.00623. The minimum atomic E-state index is -0.807. The second-order valence-corrected chi connectivity index (χ2v) is 8.87. The Morgan fingerprint density at radius 1 is 1.55 bits per heavy atom. The maximum absolute atomic E-state index is 13.2. The molecule has 2 unspecified atom stereocenters. The Labute approximate surface area is 144 Å². The highest BCUT2D eigenvalue weighted by molar-refractivity contribution is 9.11. The zero-order valence-corrected chi connectivity index (χ0v) is 15.2. The first-order valence-corrected chi connectivity index (χ1v) is 8.98. The van der Waals surface area contributed by atoms with E-state index in [2.05, 4.69) is 20.9 Å². The Hall–Kier alpha value is -0.840. The van der Waals surface area contributed by atoms with Crippen LogP contribution in [0.2, 0.25) is 0 Å². The fraction of sp³-hybridized carbons (Fsp3) is 0.385. The lowest BCUT2D eigenvalue weighted by Crippen LogP contribution is -2.50. The monoisotopic (exact) mass is 403 g/mol. The van der Waals surface area contributed by atoms with Crippen LogP contribution in [0.5, 0.6) is 0 Å². The molecule has 3 heterocycles. The molecule has 1 aliphatic rings. The second-order valence-electron chi connectivity index (χ2n) is 5.19. The van der Waals surface area contributed by atoms with Gasteiger partial charge in [0.05, 0.1) is 16.5 Å². The van der Waals surface area contributed by atoms with E-state index in [4.69, 9.17) is 4.74 Å². The van der Waals surface area contributed by atoms with Crippen LogP contribution in [0.1, 0.15) is 14.5 Å². The molecule has 0 spiro atoms. The number of ether oxygens (including phenoxy) is 1. The molecule has 0 aliphatic carbocycles. The van der Waals surface area contributed by atoms with Gasteiger partial charge < -0.3 is 9.94 Å². The average molecular weight is 404 g/mol. The van der Waals surface area contributed by atoms with Gasteiger partial charge in [-0.2, -0.15) is 4.98 Å². The number of carbonyl (C=O) groups excluding carboxylic acids is 1. The quantitative estimate of drug-likeness (QED) is 0.447. The van der Waals surface area contributed by atoms with Gasteiger partial charge in [-0.25, -0.2) is 9.69 Å². The molecule has 0 N–H and O–H groups in total. The van der Waals surface area contributed by atoms with E-state index in [-0.39, 0.29) is 6.67 Å². The molecule has 0 saturated carbocycles. The molecule has 3 rings (SSSR count). The molecule has 22 heavy (non-hydrogen) atoms. The molecule has 0 amide bonds. The van der Waals surface area contributed by atoms with E-state index in [0.29, 0.717) is 16.6 Å². The minimum Gasteiger partial charge on any atom is -0.622 e. The summed E-state index contributed by atoms with van der Waals surface area (Å²) in [6.07, 6.45) is 0.788. The first-order valence-electron chi connectivity index (χ1n) is 6.55. The highest BCUT2D eigenvalue weighted by Crippen LogP contribution is 2.36. The molecule has 1 saturated heterocycles. The number of quaternary nitrogens is 1. The van der Waals surface area contributed by atoms with Crippen LogP contribution in [0.3, 0.4) is 0 Å². The highest BCUT2D eigenvalue weighted by atomic mass is 79.9. The summed E-state index contributed by atoms with van der Waals surface area (Å²) in [6.45, 7) is 2.52. The maximum atomic E-state index is 13.2. The summed E-state index contributed by atoms with van der Waals surface area (Å²) in [6, 6.07) is 3.58. The van der Waals surface area contributed by atoms with E-state index in [1.165, 1.54) is 22.7 Å². The van der Waals surface area contributed by atoms with Crippen LogP contribution in [-0.4, -0.2) is 42.3 Å². The number of aromatic nitrogens is 1. The van der Waals surface area contributed by atoms with E-state index in [9.17, 15) is 10.0 Å². The Balaban J connectivity index is 1.83. The first kappa shape index (κ1) is 16.0. The van der Waals surface area contributed by atoms with Crippen molar-refractivity contribution in [1.29, 1.82) is 0 Å². The average Bonchev–Trinajstić information content (AvgIpc) is 3.12. The molecule has 1 aliphatic heterocycles. The molecule has 1 fully saturated rings. The number of rotatable bonds is 3. The molecule has 118 valence electrons. The number of thiazole rings is 1. The predicted molar refractivity (Wildman–Crippen MR) is 90.7 cm³/mol. The number of halogens is 1. The van der Waals surface area contributed by atoms with Gasteiger partial charge in [-0.15, -0.1) is 11.3 Å². The van der Waals surface area contributed by atoms with E-state index in [1.54, 1.807) is 12.3 Å². The van der Waals surface area contributed by atoms with Gasteiger partial charge in [-0.3, -0.25) is 4.65 Å². The van der Waals surface area contributed by atoms with Crippen molar-refractivity contribution in [3.63, 3.8) is 0 Å². The zero-order valence-electron chi connectivity index (χ0n) is 12.0. The van der Waals surface area contributed by atoms with Crippen molar-refractivity contribution in [1.82, 2.24) is 14.5 Å². The molecule has 6 nitrogen and oxygen atoms in total. The number of hydrogen-bond donors (Lipinski definition) is 0. The van der Waals surface area contributed by atoms with E-state index in [1.807, 2.05) is 24.9 Å². The second kappa shape index (κ2) is 5.99. The molecule has 2 atom stereocenters. The normalized spacial score (nSPS) is 25.5. The number of esters is 1. The van der Waals surface area contributed by atoms with Crippen molar-refractivity contribution >= 4 is 49.7 Å². The Morgan fingerprint density at radius 3 is 2.91 bits per heavy atom. The summed E-state index contributed by atoms with van der Waals surface area (Å²) in [4.78, 5) is 19.8. The third-order valence-electron chi connectivity index (χ3n) is 3.36. The third kappa shape index (κ3) is 2.97. The zero-order chi connectivity index (χ0) is 15.9.